The molecule has 3 heterocycles. The Morgan fingerprint density at radius 3 is 2.84 bits per heavy atom. The van der Waals surface area contributed by atoms with E-state index in [-0.39, 0.29) is 0 Å². The summed E-state index contributed by atoms with van der Waals surface area (Å²) in [6, 6.07) is 7.84. The van der Waals surface area contributed by atoms with E-state index in [0.717, 1.165) is 33.1 Å². The van der Waals surface area contributed by atoms with E-state index >= 15 is 0 Å². The van der Waals surface area contributed by atoms with E-state index in [2.05, 4.69) is 9.97 Å². The summed E-state index contributed by atoms with van der Waals surface area (Å²) in [6.45, 7) is 1.18. The van der Waals surface area contributed by atoms with Gasteiger partial charge in [-0.2, -0.15) is 0 Å². The number of thiophene rings is 1. The lowest BCUT2D eigenvalue weighted by molar-refractivity contribution is 0.174. The maximum Gasteiger partial charge on any atom is 0.181 e. The van der Waals surface area contributed by atoms with Crippen molar-refractivity contribution in [1.82, 2.24) is 9.97 Å². The second kappa shape index (κ2) is 4.20. The fraction of sp³-hybridized carbons (Fsp3) is 0.143. The van der Waals surface area contributed by atoms with Crippen molar-refractivity contribution in [2.24, 2.45) is 0 Å². The molecule has 5 heteroatoms. The lowest BCUT2D eigenvalue weighted by atomic mass is 10.2. The number of aromatic nitrogens is 2. The lowest BCUT2D eigenvalue weighted by Gasteiger charge is -2.15. The van der Waals surface area contributed by atoms with Crippen LogP contribution in [-0.4, -0.2) is 23.2 Å². The van der Waals surface area contributed by atoms with Crippen molar-refractivity contribution in [2.75, 3.05) is 13.2 Å². The van der Waals surface area contributed by atoms with Crippen LogP contribution < -0.4 is 9.47 Å². The molecule has 2 aromatic heterocycles. The van der Waals surface area contributed by atoms with Gasteiger partial charge in [-0.15, -0.1) is 11.3 Å². The van der Waals surface area contributed by atoms with Crippen molar-refractivity contribution in [3.8, 4) is 22.1 Å². The van der Waals surface area contributed by atoms with Crippen LogP contribution in [0.15, 0.2) is 35.8 Å². The molecule has 1 aromatic carbocycles. The highest BCUT2D eigenvalue weighted by Crippen LogP contribution is 2.44. The van der Waals surface area contributed by atoms with Gasteiger partial charge >= 0.3 is 0 Å². The predicted molar refractivity (Wildman–Crippen MR) is 73.8 cm³/mol. The molecular formula is C14H10N2O2S. The summed E-state index contributed by atoms with van der Waals surface area (Å²) in [5.41, 5.74) is 2.61. The molecule has 0 N–H and O–H groups in total. The first-order valence-electron chi connectivity index (χ1n) is 6.01. The molecule has 19 heavy (non-hydrogen) atoms. The quantitative estimate of drug-likeness (QED) is 0.681. The molecule has 0 amide bonds. The number of hydrogen-bond acceptors (Lipinski definition) is 5. The van der Waals surface area contributed by atoms with E-state index in [1.54, 1.807) is 17.5 Å². The minimum Gasteiger partial charge on any atom is -0.485 e. The molecule has 0 aliphatic carbocycles. The summed E-state index contributed by atoms with van der Waals surface area (Å²) in [7, 11) is 0. The molecule has 1 aliphatic heterocycles. The van der Waals surface area contributed by atoms with Crippen LogP contribution in [0.5, 0.6) is 11.5 Å². The van der Waals surface area contributed by atoms with Gasteiger partial charge in [0, 0.05) is 5.38 Å². The van der Waals surface area contributed by atoms with Gasteiger partial charge in [-0.05, 0) is 12.1 Å². The first kappa shape index (κ1) is 10.8. The third-order valence-electron chi connectivity index (χ3n) is 2.98. The van der Waals surface area contributed by atoms with Gasteiger partial charge in [-0.1, -0.05) is 12.1 Å². The van der Waals surface area contributed by atoms with Gasteiger partial charge in [0.2, 0.25) is 0 Å². The second-order valence-corrected chi connectivity index (χ2v) is 5.08. The van der Waals surface area contributed by atoms with Gasteiger partial charge in [-0.25, -0.2) is 4.98 Å². The molecule has 0 unspecified atom stereocenters. The lowest BCUT2D eigenvalue weighted by Crippen LogP contribution is -2.14. The molecule has 1 aliphatic rings. The summed E-state index contributed by atoms with van der Waals surface area (Å²) >= 11 is 1.57. The van der Waals surface area contributed by atoms with Crippen LogP contribution in [-0.2, 0) is 0 Å². The molecule has 0 radical (unpaired) electrons. The Kier molecular flexibility index (Phi) is 2.38. The van der Waals surface area contributed by atoms with Gasteiger partial charge in [0.1, 0.15) is 23.8 Å². The van der Waals surface area contributed by atoms with E-state index in [0.29, 0.717) is 13.2 Å². The molecule has 0 bridgehead atoms. The molecule has 0 atom stereocenters. The van der Waals surface area contributed by atoms with E-state index in [1.165, 1.54) is 0 Å². The zero-order valence-corrected chi connectivity index (χ0v) is 10.8. The molecule has 4 rings (SSSR count). The second-order valence-electron chi connectivity index (χ2n) is 4.20. The number of benzene rings is 1. The molecule has 3 aromatic rings. The van der Waals surface area contributed by atoms with Crippen LogP contribution in [0.25, 0.3) is 21.6 Å². The van der Waals surface area contributed by atoms with E-state index in [9.17, 15) is 0 Å². The largest absolute Gasteiger partial charge is 0.485 e. The van der Waals surface area contributed by atoms with Crippen molar-refractivity contribution < 1.29 is 9.47 Å². The number of hydrogen-bond donors (Lipinski definition) is 0. The molecular weight excluding hydrogens is 260 g/mol. The Hall–Kier alpha value is -2.14. The Balaban J connectivity index is 1.88. The van der Waals surface area contributed by atoms with Crippen LogP contribution in [0.1, 0.15) is 0 Å². The number of para-hydroxylation sites is 2. The average molecular weight is 270 g/mol. The van der Waals surface area contributed by atoms with Crippen LogP contribution in [0, 0.1) is 0 Å². The molecule has 94 valence electrons. The monoisotopic (exact) mass is 270 g/mol. The first-order chi connectivity index (χ1) is 9.42. The van der Waals surface area contributed by atoms with Crippen molar-refractivity contribution in [2.45, 2.75) is 0 Å². The standard InChI is InChI=1S/C14H10N2O2S/c1-2-4-10-9(3-1)15-7-11(16-10)14-13-12(8-19-14)17-5-6-18-13/h1-4,7-8H,5-6H2. The highest BCUT2D eigenvalue weighted by Gasteiger charge is 2.20. The van der Waals surface area contributed by atoms with Crippen LogP contribution in [0.4, 0.5) is 0 Å². The van der Waals surface area contributed by atoms with Gasteiger partial charge in [0.15, 0.2) is 11.5 Å². The molecule has 0 saturated heterocycles. The maximum atomic E-state index is 5.68. The summed E-state index contributed by atoms with van der Waals surface area (Å²) < 4.78 is 11.2. The van der Waals surface area contributed by atoms with E-state index in [1.807, 2.05) is 29.6 Å². The average Bonchev–Trinajstić information content (AvgIpc) is 2.91. The topological polar surface area (TPSA) is 44.2 Å². The Morgan fingerprint density at radius 2 is 1.89 bits per heavy atom. The first-order valence-corrected chi connectivity index (χ1v) is 6.89. The van der Waals surface area contributed by atoms with Crippen molar-refractivity contribution in [3.05, 3.63) is 35.8 Å². The third-order valence-corrected chi connectivity index (χ3v) is 3.94. The Morgan fingerprint density at radius 1 is 1.05 bits per heavy atom. The molecule has 4 nitrogen and oxygen atoms in total. The molecule has 0 fully saturated rings. The number of nitrogens with zero attached hydrogens (tertiary/aromatic N) is 2. The van der Waals surface area contributed by atoms with Crippen molar-refractivity contribution in [1.29, 1.82) is 0 Å². The minimum absolute atomic E-state index is 0.581. The highest BCUT2D eigenvalue weighted by molar-refractivity contribution is 7.14. The predicted octanol–water partition coefficient (Wildman–Crippen LogP) is 3.13. The maximum absolute atomic E-state index is 5.68. The summed E-state index contributed by atoms with van der Waals surface area (Å²) in [6.07, 6.45) is 1.78. The number of rotatable bonds is 1. The van der Waals surface area contributed by atoms with Gasteiger partial charge in [0.25, 0.3) is 0 Å². The van der Waals surface area contributed by atoms with Gasteiger partial charge in [-0.3, -0.25) is 4.98 Å². The normalized spacial score (nSPS) is 13.7. The smallest absolute Gasteiger partial charge is 0.181 e. The summed E-state index contributed by atoms with van der Waals surface area (Å²) in [4.78, 5) is 10.1. The third kappa shape index (κ3) is 1.74. The Labute approximate surface area is 113 Å². The Bertz CT molecular complexity index is 754. The zero-order chi connectivity index (χ0) is 12.7. The highest BCUT2D eigenvalue weighted by atomic mass is 32.1. The van der Waals surface area contributed by atoms with Crippen LogP contribution >= 0.6 is 11.3 Å². The van der Waals surface area contributed by atoms with Crippen LogP contribution in [0.3, 0.4) is 0 Å². The fourth-order valence-electron chi connectivity index (χ4n) is 2.11. The van der Waals surface area contributed by atoms with Crippen molar-refractivity contribution >= 4 is 22.4 Å². The SMILES string of the molecule is c1ccc2nc(-c3scc4c3OCCO4)cnc2c1. The van der Waals surface area contributed by atoms with Crippen molar-refractivity contribution in [3.63, 3.8) is 0 Å². The minimum atomic E-state index is 0.581. The van der Waals surface area contributed by atoms with Crippen LogP contribution in [0.2, 0.25) is 0 Å². The molecule has 0 spiro atoms. The summed E-state index contributed by atoms with van der Waals surface area (Å²) in [5, 5.41) is 1.96. The van der Waals surface area contributed by atoms with Gasteiger partial charge in [0.05, 0.1) is 17.2 Å². The number of ether oxygens (including phenoxy) is 2. The van der Waals surface area contributed by atoms with E-state index in [4.69, 9.17) is 9.47 Å². The fourth-order valence-corrected chi connectivity index (χ4v) is 2.99. The zero-order valence-electron chi connectivity index (χ0n) is 10.00. The summed E-state index contributed by atoms with van der Waals surface area (Å²) in [5.74, 6) is 1.60. The number of fused-ring (bicyclic) bond motifs is 2. The van der Waals surface area contributed by atoms with Gasteiger partial charge < -0.3 is 9.47 Å². The molecule has 0 saturated carbocycles. The van der Waals surface area contributed by atoms with E-state index < -0.39 is 0 Å².